The van der Waals surface area contributed by atoms with Gasteiger partial charge in [-0.25, -0.2) is 9.37 Å². The predicted octanol–water partition coefficient (Wildman–Crippen LogP) is 3.12. The average molecular weight is 371 g/mol. The molecule has 1 aromatic carbocycles. The number of amides is 1. The Hall–Kier alpha value is -2.42. The van der Waals surface area contributed by atoms with Gasteiger partial charge in [0.1, 0.15) is 18.6 Å². The van der Waals surface area contributed by atoms with Crippen LogP contribution in [0.4, 0.5) is 17.6 Å². The average Bonchev–Trinajstić information content (AvgIpc) is 3.23. The van der Waals surface area contributed by atoms with Crippen LogP contribution < -0.4 is 5.32 Å². The van der Waals surface area contributed by atoms with Crippen molar-refractivity contribution in [3.05, 3.63) is 42.0 Å². The molecule has 1 N–H and O–H groups in total. The van der Waals surface area contributed by atoms with Gasteiger partial charge in [-0.1, -0.05) is 0 Å². The van der Waals surface area contributed by atoms with Crippen molar-refractivity contribution in [2.45, 2.75) is 31.6 Å². The highest BCUT2D eigenvalue weighted by Crippen LogP contribution is 2.23. The molecule has 0 bridgehead atoms. The third-order valence-corrected chi connectivity index (χ3v) is 4.14. The number of carbonyl (C=O) groups excluding carboxylic acids is 1. The summed E-state index contributed by atoms with van der Waals surface area (Å²) in [4.78, 5) is 18.1. The van der Waals surface area contributed by atoms with Crippen LogP contribution in [0.25, 0.3) is 11.5 Å². The van der Waals surface area contributed by atoms with Gasteiger partial charge in [0.05, 0.1) is 11.7 Å². The zero-order valence-electron chi connectivity index (χ0n) is 13.7. The van der Waals surface area contributed by atoms with Gasteiger partial charge in [0, 0.05) is 12.1 Å². The van der Waals surface area contributed by atoms with Crippen molar-refractivity contribution in [1.82, 2.24) is 15.2 Å². The number of halogens is 4. The molecule has 1 aromatic heterocycles. The Kier molecular flexibility index (Phi) is 5.26. The molecule has 1 aliphatic heterocycles. The number of nitrogens with one attached hydrogen (secondary N) is 1. The van der Waals surface area contributed by atoms with Crippen LogP contribution in [-0.4, -0.2) is 41.1 Å². The number of nitrogens with zero attached hydrogens (tertiary/aromatic N) is 2. The Bertz CT molecular complexity index is 758. The maximum Gasteiger partial charge on any atom is 0.405 e. The normalized spacial score (nSPS) is 18.2. The van der Waals surface area contributed by atoms with Gasteiger partial charge >= 0.3 is 6.18 Å². The first-order valence-corrected chi connectivity index (χ1v) is 8.11. The Labute approximate surface area is 147 Å². The molecule has 1 aliphatic rings. The highest BCUT2D eigenvalue weighted by atomic mass is 19.4. The van der Waals surface area contributed by atoms with E-state index in [1.807, 2.05) is 5.32 Å². The SMILES string of the molecule is O=C(NCC(F)(F)F)[C@@H]1CCCN1Cc1coc(-c2ccc(F)cc2)n1. The fourth-order valence-corrected chi connectivity index (χ4v) is 2.93. The minimum absolute atomic E-state index is 0.287. The standard InChI is InChI=1S/C17H17F4N3O2/c18-12-5-3-11(4-6-12)16-23-13(9-26-16)8-24-7-1-2-14(24)15(25)22-10-17(19,20)21/h3-6,9,14H,1-2,7-8,10H2,(H,22,25)/t14-/m0/s1. The van der Waals surface area contributed by atoms with E-state index in [2.05, 4.69) is 4.98 Å². The number of alkyl halides is 3. The lowest BCUT2D eigenvalue weighted by Gasteiger charge is -2.22. The van der Waals surface area contributed by atoms with E-state index in [9.17, 15) is 22.4 Å². The number of carbonyl (C=O) groups is 1. The minimum atomic E-state index is -4.44. The second-order valence-electron chi connectivity index (χ2n) is 6.11. The molecular weight excluding hydrogens is 354 g/mol. The third kappa shape index (κ3) is 4.60. The summed E-state index contributed by atoms with van der Waals surface area (Å²) in [5.41, 5.74) is 1.17. The van der Waals surface area contributed by atoms with E-state index in [1.54, 1.807) is 4.90 Å². The highest BCUT2D eigenvalue weighted by molar-refractivity contribution is 5.82. The summed E-state index contributed by atoms with van der Waals surface area (Å²) < 4.78 is 55.1. The Morgan fingerprint density at radius 3 is 2.73 bits per heavy atom. The minimum Gasteiger partial charge on any atom is -0.444 e. The second kappa shape index (κ2) is 7.45. The summed E-state index contributed by atoms with van der Waals surface area (Å²) in [6.07, 6.45) is -1.80. The lowest BCUT2D eigenvalue weighted by atomic mass is 10.2. The van der Waals surface area contributed by atoms with Gasteiger partial charge in [-0.2, -0.15) is 13.2 Å². The molecule has 0 aliphatic carbocycles. The van der Waals surface area contributed by atoms with Crippen LogP contribution in [0.2, 0.25) is 0 Å². The van der Waals surface area contributed by atoms with Crippen LogP contribution >= 0.6 is 0 Å². The van der Waals surface area contributed by atoms with Gasteiger partial charge in [-0.3, -0.25) is 9.69 Å². The maximum absolute atomic E-state index is 13.0. The van der Waals surface area contributed by atoms with E-state index in [1.165, 1.54) is 30.5 Å². The zero-order chi connectivity index (χ0) is 18.7. The van der Waals surface area contributed by atoms with Crippen LogP contribution in [0.1, 0.15) is 18.5 Å². The number of hydrogen-bond acceptors (Lipinski definition) is 4. The first kappa shape index (κ1) is 18.4. The fourth-order valence-electron chi connectivity index (χ4n) is 2.93. The monoisotopic (exact) mass is 371 g/mol. The van der Waals surface area contributed by atoms with Gasteiger partial charge in [0.2, 0.25) is 11.8 Å². The van der Waals surface area contributed by atoms with E-state index >= 15 is 0 Å². The van der Waals surface area contributed by atoms with Crippen LogP contribution in [0.3, 0.4) is 0 Å². The number of likely N-dealkylation sites (tertiary alicyclic amines) is 1. The molecule has 2 heterocycles. The van der Waals surface area contributed by atoms with Crippen molar-refractivity contribution in [3.63, 3.8) is 0 Å². The predicted molar refractivity (Wildman–Crippen MR) is 84.4 cm³/mol. The Balaban J connectivity index is 1.63. The van der Waals surface area contributed by atoms with Crippen molar-refractivity contribution in [3.8, 4) is 11.5 Å². The van der Waals surface area contributed by atoms with Crippen LogP contribution in [0.5, 0.6) is 0 Å². The first-order valence-electron chi connectivity index (χ1n) is 8.11. The molecule has 1 fully saturated rings. The van der Waals surface area contributed by atoms with Gasteiger partial charge in [0.25, 0.3) is 0 Å². The highest BCUT2D eigenvalue weighted by Gasteiger charge is 2.34. The topological polar surface area (TPSA) is 58.4 Å². The number of hydrogen-bond donors (Lipinski definition) is 1. The molecule has 9 heteroatoms. The van der Waals surface area contributed by atoms with Crippen molar-refractivity contribution < 1.29 is 26.8 Å². The molecule has 1 saturated heterocycles. The van der Waals surface area contributed by atoms with E-state index in [4.69, 9.17) is 4.42 Å². The molecule has 0 spiro atoms. The van der Waals surface area contributed by atoms with Crippen molar-refractivity contribution in [1.29, 1.82) is 0 Å². The lowest BCUT2D eigenvalue weighted by Crippen LogP contribution is -2.45. The summed E-state index contributed by atoms with van der Waals surface area (Å²) >= 11 is 0. The summed E-state index contributed by atoms with van der Waals surface area (Å²) in [5, 5.41) is 1.93. The molecule has 140 valence electrons. The molecule has 1 amide bonds. The van der Waals surface area contributed by atoms with Crippen molar-refractivity contribution >= 4 is 5.91 Å². The molecule has 1 atom stereocenters. The van der Waals surface area contributed by atoms with Crippen LogP contribution in [0, 0.1) is 5.82 Å². The summed E-state index contributed by atoms with van der Waals surface area (Å²) in [5.74, 6) is -0.690. The molecule has 3 rings (SSSR count). The summed E-state index contributed by atoms with van der Waals surface area (Å²) in [7, 11) is 0. The van der Waals surface area contributed by atoms with Gasteiger partial charge < -0.3 is 9.73 Å². The van der Waals surface area contributed by atoms with E-state index < -0.39 is 24.7 Å². The quantitative estimate of drug-likeness (QED) is 0.821. The molecule has 5 nitrogen and oxygen atoms in total. The zero-order valence-corrected chi connectivity index (χ0v) is 13.7. The van der Waals surface area contributed by atoms with Crippen LogP contribution in [0.15, 0.2) is 34.9 Å². The molecule has 26 heavy (non-hydrogen) atoms. The molecule has 0 unspecified atom stereocenters. The fraction of sp³-hybridized carbons (Fsp3) is 0.412. The maximum atomic E-state index is 13.0. The second-order valence-corrected chi connectivity index (χ2v) is 6.11. The van der Waals surface area contributed by atoms with E-state index in [-0.39, 0.29) is 12.4 Å². The van der Waals surface area contributed by atoms with Gasteiger partial charge in [-0.05, 0) is 43.7 Å². The number of oxazole rings is 1. The Morgan fingerprint density at radius 2 is 2.04 bits per heavy atom. The van der Waals surface area contributed by atoms with Gasteiger partial charge in [0.15, 0.2) is 0 Å². The summed E-state index contributed by atoms with van der Waals surface area (Å²) in [6, 6.07) is 5.03. The smallest absolute Gasteiger partial charge is 0.405 e. The number of benzene rings is 1. The van der Waals surface area contributed by atoms with Gasteiger partial charge in [-0.15, -0.1) is 0 Å². The number of aromatic nitrogens is 1. The molecule has 2 aromatic rings. The van der Waals surface area contributed by atoms with Crippen LogP contribution in [-0.2, 0) is 11.3 Å². The number of rotatable bonds is 5. The molecule has 0 radical (unpaired) electrons. The largest absolute Gasteiger partial charge is 0.444 e. The van der Waals surface area contributed by atoms with Crippen molar-refractivity contribution in [2.24, 2.45) is 0 Å². The molecular formula is C17H17F4N3O2. The van der Waals surface area contributed by atoms with E-state index in [0.29, 0.717) is 36.5 Å². The lowest BCUT2D eigenvalue weighted by molar-refractivity contribution is -0.141. The molecule has 0 saturated carbocycles. The Morgan fingerprint density at radius 1 is 1.31 bits per heavy atom. The first-order chi connectivity index (χ1) is 12.3. The summed E-state index contributed by atoms with van der Waals surface area (Å²) in [6.45, 7) is -0.466. The third-order valence-electron chi connectivity index (χ3n) is 4.14. The van der Waals surface area contributed by atoms with Crippen molar-refractivity contribution in [2.75, 3.05) is 13.1 Å². The van der Waals surface area contributed by atoms with E-state index in [0.717, 1.165) is 0 Å².